The Kier molecular flexibility index (Phi) is 4.19. The first-order chi connectivity index (χ1) is 8.15. The van der Waals surface area contributed by atoms with Crippen molar-refractivity contribution in [3.63, 3.8) is 0 Å². The predicted molar refractivity (Wildman–Crippen MR) is 70.6 cm³/mol. The maximum atomic E-state index is 12.0. The number of Topliss-reactive ketones (excluding diaryl/α,β-unsaturated/α-hetero) is 1. The van der Waals surface area contributed by atoms with Crippen molar-refractivity contribution in [1.29, 1.82) is 0 Å². The maximum Gasteiger partial charge on any atom is 0.176 e. The van der Waals surface area contributed by atoms with E-state index in [1.54, 1.807) is 24.3 Å². The molecular formula is C14H18ClNO. The topological polar surface area (TPSA) is 20.3 Å². The highest BCUT2D eigenvalue weighted by atomic mass is 35.5. The van der Waals surface area contributed by atoms with E-state index in [4.69, 9.17) is 11.6 Å². The number of likely N-dealkylation sites (tertiary alicyclic amines) is 1. The third kappa shape index (κ3) is 3.55. The number of hydrogen-bond acceptors (Lipinski definition) is 2. The Bertz CT molecular complexity index is 380. The van der Waals surface area contributed by atoms with Gasteiger partial charge in [-0.25, -0.2) is 0 Å². The molecule has 0 N–H and O–H groups in total. The summed E-state index contributed by atoms with van der Waals surface area (Å²) < 4.78 is 0. The van der Waals surface area contributed by atoms with Gasteiger partial charge in [0.2, 0.25) is 0 Å². The van der Waals surface area contributed by atoms with Crippen molar-refractivity contribution in [3.05, 3.63) is 34.9 Å². The van der Waals surface area contributed by atoms with E-state index >= 15 is 0 Å². The number of nitrogens with zero attached hydrogens (tertiary/aromatic N) is 1. The molecule has 0 radical (unpaired) electrons. The van der Waals surface area contributed by atoms with E-state index < -0.39 is 0 Å². The minimum Gasteiger partial charge on any atom is -0.296 e. The van der Waals surface area contributed by atoms with Crippen LogP contribution in [0.15, 0.2) is 24.3 Å². The zero-order valence-corrected chi connectivity index (χ0v) is 10.9. The first-order valence-electron chi connectivity index (χ1n) is 6.16. The van der Waals surface area contributed by atoms with E-state index in [1.807, 2.05) is 0 Å². The zero-order valence-electron chi connectivity index (χ0n) is 10.2. The number of carbonyl (C=O) groups is 1. The molecule has 1 saturated heterocycles. The van der Waals surface area contributed by atoms with E-state index in [1.165, 1.54) is 12.8 Å². The van der Waals surface area contributed by atoms with Crippen molar-refractivity contribution >= 4 is 17.4 Å². The molecule has 3 heteroatoms. The number of carbonyl (C=O) groups excluding carboxylic acids is 1. The van der Waals surface area contributed by atoms with Gasteiger partial charge in [-0.05, 0) is 56.1 Å². The van der Waals surface area contributed by atoms with E-state index in [9.17, 15) is 4.79 Å². The molecule has 0 aromatic heterocycles. The molecule has 1 heterocycles. The molecule has 1 aliphatic heterocycles. The fraction of sp³-hybridized carbons (Fsp3) is 0.500. The summed E-state index contributed by atoms with van der Waals surface area (Å²) in [4.78, 5) is 14.3. The lowest BCUT2D eigenvalue weighted by atomic mass is 9.99. The standard InChI is InChI=1S/C14H18ClNO/c1-11-6-8-16(9-7-11)10-14(17)12-2-4-13(15)5-3-12/h2-5,11H,6-10H2,1H3. The first-order valence-corrected chi connectivity index (χ1v) is 6.54. The highest BCUT2D eigenvalue weighted by Crippen LogP contribution is 2.16. The lowest BCUT2D eigenvalue weighted by Gasteiger charge is -2.29. The number of piperidine rings is 1. The third-order valence-corrected chi connectivity index (χ3v) is 3.66. The van der Waals surface area contributed by atoms with Crippen molar-refractivity contribution in [1.82, 2.24) is 4.90 Å². The molecule has 0 aliphatic carbocycles. The van der Waals surface area contributed by atoms with Gasteiger partial charge in [0.15, 0.2) is 5.78 Å². The van der Waals surface area contributed by atoms with Crippen LogP contribution in [0.25, 0.3) is 0 Å². The highest BCUT2D eigenvalue weighted by Gasteiger charge is 2.18. The van der Waals surface area contributed by atoms with Crippen LogP contribution in [-0.2, 0) is 0 Å². The summed E-state index contributed by atoms with van der Waals surface area (Å²) >= 11 is 5.80. The summed E-state index contributed by atoms with van der Waals surface area (Å²) in [6.45, 7) is 4.90. The number of halogens is 1. The van der Waals surface area contributed by atoms with Crippen molar-refractivity contribution < 1.29 is 4.79 Å². The number of benzene rings is 1. The summed E-state index contributed by atoms with van der Waals surface area (Å²) in [5.74, 6) is 0.994. The van der Waals surface area contributed by atoms with Gasteiger partial charge in [0.05, 0.1) is 6.54 Å². The van der Waals surface area contributed by atoms with Crippen molar-refractivity contribution in [2.75, 3.05) is 19.6 Å². The minimum absolute atomic E-state index is 0.191. The molecule has 1 aromatic rings. The van der Waals surface area contributed by atoms with Crippen LogP contribution in [-0.4, -0.2) is 30.3 Å². The monoisotopic (exact) mass is 251 g/mol. The molecule has 1 fully saturated rings. The van der Waals surface area contributed by atoms with Gasteiger partial charge < -0.3 is 0 Å². The summed E-state index contributed by atoms with van der Waals surface area (Å²) in [5.41, 5.74) is 0.757. The minimum atomic E-state index is 0.191. The van der Waals surface area contributed by atoms with Crippen LogP contribution in [0, 0.1) is 5.92 Å². The zero-order chi connectivity index (χ0) is 12.3. The Balaban J connectivity index is 1.91. The molecule has 0 amide bonds. The molecule has 0 atom stereocenters. The second-order valence-corrected chi connectivity index (χ2v) is 5.33. The van der Waals surface area contributed by atoms with E-state index in [-0.39, 0.29) is 5.78 Å². The van der Waals surface area contributed by atoms with Gasteiger partial charge in [-0.3, -0.25) is 9.69 Å². The Hall–Kier alpha value is -0.860. The Morgan fingerprint density at radius 2 is 1.88 bits per heavy atom. The Morgan fingerprint density at radius 3 is 2.47 bits per heavy atom. The van der Waals surface area contributed by atoms with Gasteiger partial charge in [0.25, 0.3) is 0 Å². The summed E-state index contributed by atoms with van der Waals surface area (Å²) in [6, 6.07) is 7.15. The van der Waals surface area contributed by atoms with Gasteiger partial charge in [0, 0.05) is 10.6 Å². The van der Waals surface area contributed by atoms with Crippen LogP contribution in [0.1, 0.15) is 30.1 Å². The molecule has 2 nitrogen and oxygen atoms in total. The van der Waals surface area contributed by atoms with Crippen LogP contribution < -0.4 is 0 Å². The molecule has 1 aromatic carbocycles. The molecule has 0 unspecified atom stereocenters. The second-order valence-electron chi connectivity index (χ2n) is 4.89. The Morgan fingerprint density at radius 1 is 1.29 bits per heavy atom. The van der Waals surface area contributed by atoms with Gasteiger partial charge in [-0.2, -0.15) is 0 Å². The average Bonchev–Trinajstić information content (AvgIpc) is 2.33. The second kappa shape index (κ2) is 5.65. The maximum absolute atomic E-state index is 12.0. The highest BCUT2D eigenvalue weighted by molar-refractivity contribution is 6.30. The van der Waals surface area contributed by atoms with Gasteiger partial charge in [-0.1, -0.05) is 18.5 Å². The summed E-state index contributed by atoms with van der Waals surface area (Å²) in [6.07, 6.45) is 2.40. The van der Waals surface area contributed by atoms with Gasteiger partial charge >= 0.3 is 0 Å². The van der Waals surface area contributed by atoms with E-state index in [0.717, 1.165) is 24.6 Å². The number of hydrogen-bond donors (Lipinski definition) is 0. The van der Waals surface area contributed by atoms with Gasteiger partial charge in [0.1, 0.15) is 0 Å². The normalized spacial score (nSPS) is 18.2. The lowest BCUT2D eigenvalue weighted by molar-refractivity contribution is 0.0900. The van der Waals surface area contributed by atoms with Gasteiger partial charge in [-0.15, -0.1) is 0 Å². The van der Waals surface area contributed by atoms with Crippen LogP contribution in [0.4, 0.5) is 0 Å². The third-order valence-electron chi connectivity index (χ3n) is 3.41. The summed E-state index contributed by atoms with van der Waals surface area (Å²) in [5, 5.41) is 0.674. The van der Waals surface area contributed by atoms with Crippen LogP contribution in [0.3, 0.4) is 0 Å². The van der Waals surface area contributed by atoms with Crippen LogP contribution in [0.5, 0.6) is 0 Å². The predicted octanol–water partition coefficient (Wildman–Crippen LogP) is 3.25. The molecule has 0 spiro atoms. The largest absolute Gasteiger partial charge is 0.296 e. The van der Waals surface area contributed by atoms with Crippen molar-refractivity contribution in [2.45, 2.75) is 19.8 Å². The molecular weight excluding hydrogens is 234 g/mol. The molecule has 1 aliphatic rings. The number of ketones is 1. The average molecular weight is 252 g/mol. The number of rotatable bonds is 3. The SMILES string of the molecule is CC1CCN(CC(=O)c2ccc(Cl)cc2)CC1. The fourth-order valence-electron chi connectivity index (χ4n) is 2.15. The van der Waals surface area contributed by atoms with Crippen LogP contribution >= 0.6 is 11.6 Å². The van der Waals surface area contributed by atoms with E-state index in [2.05, 4.69) is 11.8 Å². The first kappa shape index (κ1) is 12.6. The smallest absolute Gasteiger partial charge is 0.176 e. The molecule has 2 rings (SSSR count). The Labute approximate surface area is 108 Å². The fourth-order valence-corrected chi connectivity index (χ4v) is 2.28. The van der Waals surface area contributed by atoms with Crippen molar-refractivity contribution in [2.24, 2.45) is 5.92 Å². The summed E-state index contributed by atoms with van der Waals surface area (Å²) in [7, 11) is 0. The lowest BCUT2D eigenvalue weighted by Crippen LogP contribution is -2.36. The van der Waals surface area contributed by atoms with Crippen LogP contribution in [0.2, 0.25) is 5.02 Å². The molecule has 17 heavy (non-hydrogen) atoms. The quantitative estimate of drug-likeness (QED) is 0.769. The van der Waals surface area contributed by atoms with Crippen molar-refractivity contribution in [3.8, 4) is 0 Å². The van der Waals surface area contributed by atoms with E-state index in [0.29, 0.717) is 11.6 Å². The molecule has 92 valence electrons. The molecule has 0 bridgehead atoms. The molecule has 0 saturated carbocycles.